The molecular weight excluding hydrogens is 262 g/mol. The van der Waals surface area contributed by atoms with Gasteiger partial charge in [0.2, 0.25) is 0 Å². The number of hydrogen-bond acceptors (Lipinski definition) is 4. The molecule has 3 rings (SSSR count). The fourth-order valence-corrected chi connectivity index (χ4v) is 3.41. The molecule has 102 valence electrons. The molecule has 1 aliphatic heterocycles. The highest BCUT2D eigenvalue weighted by molar-refractivity contribution is 7.91. The molecule has 0 amide bonds. The monoisotopic (exact) mass is 279 g/mol. The van der Waals surface area contributed by atoms with E-state index in [1.165, 1.54) is 19.1 Å². The van der Waals surface area contributed by atoms with Crippen LogP contribution in [0.2, 0.25) is 0 Å². The minimum atomic E-state index is -3.25. The third kappa shape index (κ3) is 2.37. The van der Waals surface area contributed by atoms with Crippen molar-refractivity contribution in [3.8, 4) is 0 Å². The zero-order valence-electron chi connectivity index (χ0n) is 10.8. The number of benzene rings is 1. The van der Waals surface area contributed by atoms with Crippen LogP contribution in [0.1, 0.15) is 31.1 Å². The maximum absolute atomic E-state index is 11.8. The van der Waals surface area contributed by atoms with Gasteiger partial charge in [0.25, 0.3) is 0 Å². The molecular formula is C13H17N3O2S. The lowest BCUT2D eigenvalue weighted by molar-refractivity contribution is 0.400. The summed E-state index contributed by atoms with van der Waals surface area (Å²) in [7, 11) is -3.25. The maximum Gasteiger partial charge on any atom is 0.177 e. The lowest BCUT2D eigenvalue weighted by atomic mass is 10.0. The average Bonchev–Trinajstić information content (AvgIpc) is 2.82. The summed E-state index contributed by atoms with van der Waals surface area (Å²) < 4.78 is 23.5. The molecule has 1 atom stereocenters. The van der Waals surface area contributed by atoms with Gasteiger partial charge < -0.3 is 10.3 Å². The van der Waals surface area contributed by atoms with Gasteiger partial charge in [-0.2, -0.15) is 0 Å². The summed E-state index contributed by atoms with van der Waals surface area (Å²) in [6.45, 7) is 0.987. The van der Waals surface area contributed by atoms with Crippen molar-refractivity contribution in [1.82, 2.24) is 15.3 Å². The second-order valence-electron chi connectivity index (χ2n) is 5.05. The van der Waals surface area contributed by atoms with E-state index in [4.69, 9.17) is 0 Å². The number of aromatic amines is 1. The second-order valence-corrected chi connectivity index (χ2v) is 7.03. The standard InChI is InChI=1S/C13H17N3O2S/c1-19(17,18)11-7-4-6-9-12(11)16-13(15-9)10-5-2-3-8-14-10/h4,6-7,10,14H,2-3,5,8H2,1H3,(H,15,16). The molecule has 6 heteroatoms. The fraction of sp³-hybridized carbons (Fsp3) is 0.462. The number of aromatic nitrogens is 2. The first kappa shape index (κ1) is 12.6. The van der Waals surface area contributed by atoms with Crippen LogP contribution in [0.4, 0.5) is 0 Å². The number of imidazole rings is 1. The van der Waals surface area contributed by atoms with Crippen molar-refractivity contribution in [2.24, 2.45) is 0 Å². The van der Waals surface area contributed by atoms with Crippen LogP contribution in [-0.4, -0.2) is 31.2 Å². The number of nitrogens with one attached hydrogen (secondary N) is 2. The molecule has 1 aliphatic rings. The number of piperidine rings is 1. The molecule has 5 nitrogen and oxygen atoms in total. The Labute approximate surface area is 112 Å². The average molecular weight is 279 g/mol. The van der Waals surface area contributed by atoms with Crippen LogP contribution in [0.15, 0.2) is 23.1 Å². The molecule has 0 bridgehead atoms. The highest BCUT2D eigenvalue weighted by atomic mass is 32.2. The summed E-state index contributed by atoms with van der Waals surface area (Å²) in [5.74, 6) is 0.839. The highest BCUT2D eigenvalue weighted by Gasteiger charge is 2.20. The Bertz CT molecular complexity index is 700. The number of fused-ring (bicyclic) bond motifs is 1. The number of rotatable bonds is 2. The number of hydrogen-bond donors (Lipinski definition) is 2. The van der Waals surface area contributed by atoms with Crippen LogP contribution in [0.3, 0.4) is 0 Å². The van der Waals surface area contributed by atoms with Gasteiger partial charge >= 0.3 is 0 Å². The van der Waals surface area contributed by atoms with E-state index in [1.54, 1.807) is 12.1 Å². The third-order valence-electron chi connectivity index (χ3n) is 3.53. The summed E-state index contributed by atoms with van der Waals surface area (Å²) >= 11 is 0. The van der Waals surface area contributed by atoms with Crippen LogP contribution in [0.5, 0.6) is 0 Å². The van der Waals surface area contributed by atoms with Crippen LogP contribution >= 0.6 is 0 Å². The second kappa shape index (κ2) is 4.61. The Morgan fingerprint density at radius 2 is 2.16 bits per heavy atom. The van der Waals surface area contributed by atoms with E-state index in [1.807, 2.05) is 6.07 Å². The Morgan fingerprint density at radius 1 is 1.32 bits per heavy atom. The molecule has 1 unspecified atom stereocenters. The lowest BCUT2D eigenvalue weighted by Gasteiger charge is -2.21. The van der Waals surface area contributed by atoms with Gasteiger partial charge in [-0.15, -0.1) is 0 Å². The van der Waals surface area contributed by atoms with Crippen LogP contribution in [0, 0.1) is 0 Å². The summed E-state index contributed by atoms with van der Waals surface area (Å²) in [5.41, 5.74) is 1.33. The molecule has 1 saturated heterocycles. The van der Waals surface area contributed by atoms with E-state index in [2.05, 4.69) is 15.3 Å². The minimum Gasteiger partial charge on any atom is -0.341 e. The van der Waals surface area contributed by atoms with E-state index in [-0.39, 0.29) is 6.04 Å². The third-order valence-corrected chi connectivity index (χ3v) is 4.66. The van der Waals surface area contributed by atoms with Gasteiger partial charge in [0, 0.05) is 6.26 Å². The van der Waals surface area contributed by atoms with Crippen LogP contribution < -0.4 is 5.32 Å². The normalized spacial score (nSPS) is 20.8. The summed E-state index contributed by atoms with van der Waals surface area (Å²) in [6, 6.07) is 5.42. The van der Waals surface area contributed by atoms with E-state index < -0.39 is 9.84 Å². The smallest absolute Gasteiger partial charge is 0.177 e. The predicted octanol–water partition coefficient (Wildman–Crippen LogP) is 1.78. The van der Waals surface area contributed by atoms with E-state index in [0.717, 1.165) is 24.3 Å². The molecule has 1 aromatic carbocycles. The van der Waals surface area contributed by atoms with Gasteiger partial charge in [0.1, 0.15) is 11.3 Å². The van der Waals surface area contributed by atoms with E-state index >= 15 is 0 Å². The zero-order valence-corrected chi connectivity index (χ0v) is 11.6. The van der Waals surface area contributed by atoms with Gasteiger partial charge in [-0.05, 0) is 31.5 Å². The molecule has 0 aliphatic carbocycles. The first-order valence-corrected chi connectivity index (χ1v) is 8.37. The van der Waals surface area contributed by atoms with Crippen molar-refractivity contribution in [3.63, 3.8) is 0 Å². The van der Waals surface area contributed by atoms with Gasteiger partial charge in [-0.3, -0.25) is 0 Å². The van der Waals surface area contributed by atoms with Crippen LogP contribution in [-0.2, 0) is 9.84 Å². The van der Waals surface area contributed by atoms with Crippen LogP contribution in [0.25, 0.3) is 11.0 Å². The molecule has 19 heavy (non-hydrogen) atoms. The van der Waals surface area contributed by atoms with Crippen molar-refractivity contribution in [2.75, 3.05) is 12.8 Å². The SMILES string of the molecule is CS(=O)(=O)c1cccc2[nH]c(C3CCCCN3)nc12. The maximum atomic E-state index is 11.8. The first-order valence-electron chi connectivity index (χ1n) is 6.48. The first-order chi connectivity index (χ1) is 9.05. The molecule has 0 radical (unpaired) electrons. The number of sulfone groups is 1. The van der Waals surface area contributed by atoms with Gasteiger partial charge in [-0.1, -0.05) is 12.5 Å². The number of para-hydroxylation sites is 1. The van der Waals surface area contributed by atoms with Crippen molar-refractivity contribution in [2.45, 2.75) is 30.2 Å². The van der Waals surface area contributed by atoms with Crippen molar-refractivity contribution >= 4 is 20.9 Å². The number of nitrogens with zero attached hydrogens (tertiary/aromatic N) is 1. The largest absolute Gasteiger partial charge is 0.341 e. The molecule has 0 saturated carbocycles. The predicted molar refractivity (Wildman–Crippen MR) is 73.8 cm³/mol. The van der Waals surface area contributed by atoms with Gasteiger partial charge in [0.15, 0.2) is 9.84 Å². The molecule has 2 heterocycles. The highest BCUT2D eigenvalue weighted by Crippen LogP contribution is 2.26. The molecule has 0 spiro atoms. The minimum absolute atomic E-state index is 0.202. The summed E-state index contributed by atoms with van der Waals surface area (Å²) in [4.78, 5) is 8.04. The Kier molecular flexibility index (Phi) is 3.06. The molecule has 2 N–H and O–H groups in total. The molecule has 1 fully saturated rings. The zero-order chi connectivity index (χ0) is 13.5. The van der Waals surface area contributed by atoms with Crippen molar-refractivity contribution in [3.05, 3.63) is 24.0 Å². The van der Waals surface area contributed by atoms with Crippen molar-refractivity contribution < 1.29 is 8.42 Å². The fourth-order valence-electron chi connectivity index (χ4n) is 2.57. The summed E-state index contributed by atoms with van der Waals surface area (Å²) in [6.07, 6.45) is 4.61. The van der Waals surface area contributed by atoms with Crippen molar-refractivity contribution in [1.29, 1.82) is 0 Å². The Balaban J connectivity index is 2.10. The topological polar surface area (TPSA) is 74.8 Å². The molecule has 2 aromatic rings. The Hall–Kier alpha value is -1.40. The van der Waals surface area contributed by atoms with E-state index in [9.17, 15) is 8.42 Å². The van der Waals surface area contributed by atoms with Gasteiger partial charge in [-0.25, -0.2) is 13.4 Å². The van der Waals surface area contributed by atoms with E-state index in [0.29, 0.717) is 10.4 Å². The Morgan fingerprint density at radius 3 is 2.84 bits per heavy atom. The quantitative estimate of drug-likeness (QED) is 0.878. The number of H-pyrrole nitrogens is 1. The molecule has 1 aromatic heterocycles. The summed E-state index contributed by atoms with van der Waals surface area (Å²) in [5, 5.41) is 3.41. The van der Waals surface area contributed by atoms with Gasteiger partial charge in [0.05, 0.1) is 16.5 Å². The lowest BCUT2D eigenvalue weighted by Crippen LogP contribution is -2.27.